The zero-order valence-corrected chi connectivity index (χ0v) is 6.87. The summed E-state index contributed by atoms with van der Waals surface area (Å²) in [5.41, 5.74) is 4.68. The van der Waals surface area contributed by atoms with Crippen LogP contribution in [-0.4, -0.2) is 17.3 Å². The molecule has 0 rings (SSSR count). The smallest absolute Gasteiger partial charge is 0.0764 e. The highest BCUT2D eigenvalue weighted by Gasteiger charge is 2.18. The van der Waals surface area contributed by atoms with Gasteiger partial charge in [0.2, 0.25) is 0 Å². The van der Waals surface area contributed by atoms with Gasteiger partial charge >= 0.3 is 0 Å². The van der Waals surface area contributed by atoms with Crippen molar-refractivity contribution in [1.82, 2.24) is 0 Å². The van der Waals surface area contributed by atoms with Crippen molar-refractivity contribution in [3.63, 3.8) is 0 Å². The molecule has 58 valence electrons. The second kappa shape index (κ2) is 5.03. The molecular weight excluding hydrogens is 138 g/mol. The number of aliphatic hydroxyl groups is 1. The van der Waals surface area contributed by atoms with Crippen LogP contribution >= 0.6 is 12.4 Å². The SMILES string of the molecule is CCC(O)(CC)CN.Cl. The maximum absolute atomic E-state index is 9.31. The average molecular weight is 154 g/mol. The van der Waals surface area contributed by atoms with Crippen LogP contribution in [0.3, 0.4) is 0 Å². The van der Waals surface area contributed by atoms with E-state index in [1.165, 1.54) is 0 Å². The third-order valence-electron chi connectivity index (χ3n) is 1.70. The van der Waals surface area contributed by atoms with Gasteiger partial charge in [-0.25, -0.2) is 0 Å². The van der Waals surface area contributed by atoms with Crippen molar-refractivity contribution < 1.29 is 5.11 Å². The Bertz CT molecular complexity index is 55.8. The minimum atomic E-state index is -0.597. The molecule has 0 spiro atoms. The summed E-state index contributed by atoms with van der Waals surface area (Å²) in [6.45, 7) is 4.26. The molecule has 0 saturated carbocycles. The Hall–Kier alpha value is 0.210. The lowest BCUT2D eigenvalue weighted by Gasteiger charge is -2.21. The molecule has 0 heterocycles. The first-order valence-electron chi connectivity index (χ1n) is 3.11. The second-order valence-electron chi connectivity index (χ2n) is 2.14. The summed E-state index contributed by atoms with van der Waals surface area (Å²) in [5, 5.41) is 9.31. The molecule has 0 bridgehead atoms. The van der Waals surface area contributed by atoms with Gasteiger partial charge in [0.05, 0.1) is 5.60 Å². The fourth-order valence-electron chi connectivity index (χ4n) is 0.539. The minimum absolute atomic E-state index is 0. The Morgan fingerprint density at radius 3 is 1.67 bits per heavy atom. The molecule has 0 aromatic rings. The summed E-state index contributed by atoms with van der Waals surface area (Å²) in [7, 11) is 0. The van der Waals surface area contributed by atoms with Crippen molar-refractivity contribution in [1.29, 1.82) is 0 Å². The predicted molar refractivity (Wildman–Crippen MR) is 41.8 cm³/mol. The molecule has 0 saturated heterocycles. The van der Waals surface area contributed by atoms with Crippen LogP contribution in [0.25, 0.3) is 0 Å². The molecule has 0 aliphatic carbocycles. The van der Waals surface area contributed by atoms with Crippen LogP contribution < -0.4 is 5.73 Å². The zero-order chi connectivity index (χ0) is 6.62. The van der Waals surface area contributed by atoms with E-state index in [4.69, 9.17) is 5.73 Å². The fourth-order valence-corrected chi connectivity index (χ4v) is 0.539. The highest BCUT2D eigenvalue weighted by Crippen LogP contribution is 2.10. The van der Waals surface area contributed by atoms with E-state index in [0.29, 0.717) is 6.54 Å². The Labute approximate surface area is 62.9 Å². The molecule has 0 aliphatic rings. The topological polar surface area (TPSA) is 46.2 Å². The normalized spacial score (nSPS) is 10.7. The van der Waals surface area contributed by atoms with E-state index in [1.54, 1.807) is 0 Å². The third-order valence-corrected chi connectivity index (χ3v) is 1.70. The molecule has 0 radical (unpaired) electrons. The van der Waals surface area contributed by atoms with Crippen molar-refractivity contribution in [3.8, 4) is 0 Å². The number of rotatable bonds is 3. The van der Waals surface area contributed by atoms with Gasteiger partial charge in [-0.15, -0.1) is 12.4 Å². The first-order chi connectivity index (χ1) is 3.68. The number of hydrogen-bond donors (Lipinski definition) is 2. The lowest BCUT2D eigenvalue weighted by molar-refractivity contribution is 0.0414. The highest BCUT2D eigenvalue weighted by molar-refractivity contribution is 5.85. The van der Waals surface area contributed by atoms with E-state index >= 15 is 0 Å². The fraction of sp³-hybridized carbons (Fsp3) is 1.00. The van der Waals surface area contributed by atoms with Crippen molar-refractivity contribution in [2.45, 2.75) is 32.3 Å². The van der Waals surface area contributed by atoms with Gasteiger partial charge < -0.3 is 10.8 Å². The van der Waals surface area contributed by atoms with E-state index in [2.05, 4.69) is 0 Å². The van der Waals surface area contributed by atoms with E-state index in [-0.39, 0.29) is 12.4 Å². The summed E-state index contributed by atoms with van der Waals surface area (Å²) in [5.74, 6) is 0. The van der Waals surface area contributed by atoms with Gasteiger partial charge in [-0.1, -0.05) is 13.8 Å². The van der Waals surface area contributed by atoms with Crippen molar-refractivity contribution in [3.05, 3.63) is 0 Å². The van der Waals surface area contributed by atoms with E-state index < -0.39 is 5.60 Å². The molecule has 0 aromatic carbocycles. The van der Waals surface area contributed by atoms with Crippen LogP contribution in [0.4, 0.5) is 0 Å². The number of hydrogen-bond acceptors (Lipinski definition) is 2. The van der Waals surface area contributed by atoms with Crippen molar-refractivity contribution in [2.24, 2.45) is 5.73 Å². The second-order valence-corrected chi connectivity index (χ2v) is 2.14. The molecule has 3 heteroatoms. The standard InChI is InChI=1S/C6H15NO.ClH/c1-3-6(8,4-2)5-7;/h8H,3-5,7H2,1-2H3;1H. The molecule has 3 N–H and O–H groups in total. The van der Waals surface area contributed by atoms with Gasteiger partial charge in [-0.05, 0) is 12.8 Å². The van der Waals surface area contributed by atoms with Crippen LogP contribution in [0.1, 0.15) is 26.7 Å². The van der Waals surface area contributed by atoms with Gasteiger partial charge in [0.15, 0.2) is 0 Å². The molecule has 0 fully saturated rings. The summed E-state index contributed by atoms with van der Waals surface area (Å²) < 4.78 is 0. The van der Waals surface area contributed by atoms with Gasteiger partial charge in [-0.3, -0.25) is 0 Å². The Kier molecular flexibility index (Phi) is 6.68. The van der Waals surface area contributed by atoms with Gasteiger partial charge in [-0.2, -0.15) is 0 Å². The maximum atomic E-state index is 9.31. The lowest BCUT2D eigenvalue weighted by atomic mass is 9.98. The summed E-state index contributed by atoms with van der Waals surface area (Å²) in [6.07, 6.45) is 1.50. The quantitative estimate of drug-likeness (QED) is 0.634. The first kappa shape index (κ1) is 11.9. The Morgan fingerprint density at radius 2 is 1.67 bits per heavy atom. The van der Waals surface area contributed by atoms with Crippen molar-refractivity contribution >= 4 is 12.4 Å². The lowest BCUT2D eigenvalue weighted by Crippen LogP contribution is -2.35. The largest absolute Gasteiger partial charge is 0.389 e. The minimum Gasteiger partial charge on any atom is -0.389 e. The monoisotopic (exact) mass is 153 g/mol. The Morgan fingerprint density at radius 1 is 1.33 bits per heavy atom. The highest BCUT2D eigenvalue weighted by atomic mass is 35.5. The molecule has 0 aliphatic heterocycles. The van der Waals surface area contributed by atoms with Crippen LogP contribution in [0.2, 0.25) is 0 Å². The summed E-state index contributed by atoms with van der Waals surface area (Å²) >= 11 is 0. The molecular formula is C6H16ClNO. The number of nitrogens with two attached hydrogens (primary N) is 1. The molecule has 9 heavy (non-hydrogen) atoms. The Balaban J connectivity index is 0. The van der Waals surface area contributed by atoms with Gasteiger partial charge in [0.25, 0.3) is 0 Å². The van der Waals surface area contributed by atoms with E-state index in [1.807, 2.05) is 13.8 Å². The molecule has 0 amide bonds. The molecule has 0 atom stereocenters. The van der Waals surface area contributed by atoms with Crippen LogP contribution in [0, 0.1) is 0 Å². The predicted octanol–water partition coefficient (Wildman–Crippen LogP) is 0.918. The van der Waals surface area contributed by atoms with E-state index in [0.717, 1.165) is 12.8 Å². The van der Waals surface area contributed by atoms with Gasteiger partial charge in [0.1, 0.15) is 0 Å². The van der Waals surface area contributed by atoms with Crippen LogP contribution in [0.15, 0.2) is 0 Å². The number of halogens is 1. The third kappa shape index (κ3) is 3.73. The molecule has 0 aromatic heterocycles. The zero-order valence-electron chi connectivity index (χ0n) is 6.05. The molecule has 2 nitrogen and oxygen atoms in total. The average Bonchev–Trinajstić information content (AvgIpc) is 1.87. The van der Waals surface area contributed by atoms with E-state index in [9.17, 15) is 5.11 Å². The summed E-state index contributed by atoms with van der Waals surface area (Å²) in [4.78, 5) is 0. The van der Waals surface area contributed by atoms with Crippen molar-refractivity contribution in [2.75, 3.05) is 6.54 Å². The first-order valence-corrected chi connectivity index (χ1v) is 3.11. The van der Waals surface area contributed by atoms with Crippen LogP contribution in [-0.2, 0) is 0 Å². The van der Waals surface area contributed by atoms with Crippen LogP contribution in [0.5, 0.6) is 0 Å². The summed E-state index contributed by atoms with van der Waals surface area (Å²) in [6, 6.07) is 0. The maximum Gasteiger partial charge on any atom is 0.0764 e. The molecule has 0 unspecified atom stereocenters. The van der Waals surface area contributed by atoms with Gasteiger partial charge in [0, 0.05) is 6.54 Å².